The summed E-state index contributed by atoms with van der Waals surface area (Å²) in [6.45, 7) is 2.37. The highest BCUT2D eigenvalue weighted by atomic mass is 19.4. The lowest BCUT2D eigenvalue weighted by Crippen LogP contribution is -2.87. The molecule has 0 bridgehead atoms. The van der Waals surface area contributed by atoms with Gasteiger partial charge >= 0.3 is 42.1 Å². The highest BCUT2D eigenvalue weighted by Gasteiger charge is 2.98. The molecule has 0 aromatic carbocycles. The van der Waals surface area contributed by atoms with Crippen LogP contribution in [-0.2, 0) is 14.3 Å². The van der Waals surface area contributed by atoms with Crippen LogP contribution in [0.2, 0.25) is 0 Å². The van der Waals surface area contributed by atoms with Gasteiger partial charge in [-0.1, -0.05) is 6.58 Å². The predicted octanol–water partition coefficient (Wildman–Crippen LogP) is 3.50. The summed E-state index contributed by atoms with van der Waals surface area (Å²) in [5.74, 6) is -23.9. The summed E-state index contributed by atoms with van der Waals surface area (Å²) in [5, 5.41) is 8.96. The quantitative estimate of drug-likeness (QED) is 0.400. The Labute approximate surface area is 144 Å². The average molecular weight is 448 g/mol. The number of halogens is 13. The van der Waals surface area contributed by atoms with Crippen LogP contribution in [0, 0.1) is 0 Å². The first-order chi connectivity index (χ1) is 12.0. The van der Waals surface area contributed by atoms with Crippen LogP contribution in [0.15, 0.2) is 12.7 Å². The Hall–Kier alpha value is -1.78. The molecule has 17 heteroatoms. The fourth-order valence-electron chi connectivity index (χ4n) is 2.16. The molecule has 3 atom stereocenters. The van der Waals surface area contributed by atoms with Crippen LogP contribution >= 0.6 is 0 Å². The normalized spacial score (nSPS) is 33.3. The molecule has 0 amide bonds. The molecule has 0 spiro atoms. The van der Waals surface area contributed by atoms with E-state index < -0.39 is 59.9 Å². The first kappa shape index (κ1) is 24.3. The van der Waals surface area contributed by atoms with Crippen molar-refractivity contribution in [2.24, 2.45) is 0 Å². The molecule has 4 nitrogen and oxygen atoms in total. The maximum Gasteiger partial charge on any atom is 0.462 e. The third kappa shape index (κ3) is 2.89. The van der Waals surface area contributed by atoms with Crippen LogP contribution in [0.1, 0.15) is 0 Å². The number of ether oxygens (including phenoxy) is 2. The first-order valence-electron chi connectivity index (χ1n) is 6.26. The Kier molecular flexibility index (Phi) is 5.29. The van der Waals surface area contributed by atoms with Crippen LogP contribution in [-0.4, -0.2) is 58.9 Å². The van der Waals surface area contributed by atoms with Crippen LogP contribution in [0.3, 0.4) is 0 Å². The van der Waals surface area contributed by atoms with E-state index in [2.05, 4.69) is 16.1 Å². The van der Waals surface area contributed by atoms with Crippen LogP contribution in [0.25, 0.3) is 0 Å². The smallest absolute Gasteiger partial charge is 0.415 e. The van der Waals surface area contributed by atoms with Gasteiger partial charge in [-0.05, 0) is 0 Å². The fraction of sp³-hybridized carbons (Fsp3) is 0.727. The number of carbonyl (C=O) groups is 1. The molecule has 3 unspecified atom stereocenters. The molecule has 1 aliphatic heterocycles. The number of rotatable bonds is 2. The summed E-state index contributed by atoms with van der Waals surface area (Å²) in [4.78, 5) is 10.9. The van der Waals surface area contributed by atoms with Crippen LogP contribution in [0.4, 0.5) is 57.1 Å². The minimum atomic E-state index is -7.51. The lowest BCUT2D eigenvalue weighted by molar-refractivity contribution is -0.555. The minimum absolute atomic E-state index is 0.422. The van der Waals surface area contributed by atoms with Crippen molar-refractivity contribution >= 4 is 5.97 Å². The molecular weight excluding hydrogens is 443 g/mol. The topological polar surface area (TPSA) is 55.8 Å². The van der Waals surface area contributed by atoms with E-state index in [9.17, 15) is 61.9 Å². The molecule has 0 aromatic heterocycles. The van der Waals surface area contributed by atoms with Gasteiger partial charge in [-0.3, -0.25) is 0 Å². The maximum atomic E-state index is 14.1. The highest BCUT2D eigenvalue weighted by Crippen LogP contribution is 2.65. The summed E-state index contributed by atoms with van der Waals surface area (Å²) in [6, 6.07) is 0. The standard InChI is InChI=1S/C11H5F13O4/c1-2-3(25)27-9(11(22,23)24)8(17,18)7(26,10(19,20)21)5(12,13)4(28-9)6(14,15)16/h2,4,26H,1H2. The molecule has 28 heavy (non-hydrogen) atoms. The SMILES string of the molecule is C=CC(=O)OC1(C(F)(F)F)OC(C(F)(F)F)C(F)(F)C(O)(C(F)(F)F)C1(F)F. The predicted molar refractivity (Wildman–Crippen MR) is 56.9 cm³/mol. The second kappa shape index (κ2) is 6.11. The Bertz CT molecular complexity index is 648. The molecular formula is C11H5F13O4. The Morgan fingerprint density at radius 3 is 1.68 bits per heavy atom. The van der Waals surface area contributed by atoms with E-state index in [1.54, 1.807) is 0 Å². The fourth-order valence-corrected chi connectivity index (χ4v) is 2.16. The number of esters is 1. The zero-order valence-electron chi connectivity index (χ0n) is 12.4. The Morgan fingerprint density at radius 2 is 1.39 bits per heavy atom. The first-order valence-corrected chi connectivity index (χ1v) is 6.26. The van der Waals surface area contributed by atoms with E-state index in [4.69, 9.17) is 5.11 Å². The highest BCUT2D eigenvalue weighted by molar-refractivity contribution is 5.81. The number of hydrogen-bond donors (Lipinski definition) is 1. The van der Waals surface area contributed by atoms with Crippen molar-refractivity contribution in [3.05, 3.63) is 12.7 Å². The Morgan fingerprint density at radius 1 is 0.964 bits per heavy atom. The van der Waals surface area contributed by atoms with E-state index >= 15 is 0 Å². The lowest BCUT2D eigenvalue weighted by atomic mass is 9.76. The van der Waals surface area contributed by atoms with E-state index in [0.717, 1.165) is 0 Å². The van der Waals surface area contributed by atoms with Crippen LogP contribution < -0.4 is 0 Å². The van der Waals surface area contributed by atoms with E-state index in [-0.39, 0.29) is 0 Å². The summed E-state index contributed by atoms with van der Waals surface area (Å²) < 4.78 is 177. The molecule has 1 heterocycles. The van der Waals surface area contributed by atoms with Crippen molar-refractivity contribution in [2.45, 2.75) is 47.9 Å². The third-order valence-corrected chi connectivity index (χ3v) is 3.45. The van der Waals surface area contributed by atoms with Gasteiger partial charge < -0.3 is 14.6 Å². The van der Waals surface area contributed by atoms with Crippen molar-refractivity contribution in [2.75, 3.05) is 0 Å². The molecule has 1 N–H and O–H groups in total. The molecule has 0 saturated carbocycles. The number of aliphatic hydroxyl groups is 1. The molecule has 1 aliphatic rings. The average Bonchev–Trinajstić information content (AvgIpc) is 2.44. The summed E-state index contributed by atoms with van der Waals surface area (Å²) in [5.41, 5.74) is -7.33. The van der Waals surface area contributed by atoms with E-state index in [1.807, 2.05) is 0 Å². The molecule has 1 rings (SSSR count). The van der Waals surface area contributed by atoms with Gasteiger partial charge in [0.05, 0.1) is 0 Å². The van der Waals surface area contributed by atoms with Gasteiger partial charge in [-0.25, -0.2) is 4.79 Å². The van der Waals surface area contributed by atoms with Gasteiger partial charge in [0.15, 0.2) is 0 Å². The van der Waals surface area contributed by atoms with Crippen LogP contribution in [0.5, 0.6) is 0 Å². The molecule has 0 radical (unpaired) electrons. The Balaban J connectivity index is 4.08. The van der Waals surface area contributed by atoms with Gasteiger partial charge in [-0.2, -0.15) is 57.1 Å². The van der Waals surface area contributed by atoms with Crippen molar-refractivity contribution in [1.82, 2.24) is 0 Å². The van der Waals surface area contributed by atoms with Crippen molar-refractivity contribution < 1.29 is 76.5 Å². The van der Waals surface area contributed by atoms with Gasteiger partial charge in [0.2, 0.25) is 6.10 Å². The molecule has 164 valence electrons. The van der Waals surface area contributed by atoms with E-state index in [0.29, 0.717) is 0 Å². The summed E-state index contributed by atoms with van der Waals surface area (Å²) in [7, 11) is 0. The summed E-state index contributed by atoms with van der Waals surface area (Å²) >= 11 is 0. The molecule has 0 aromatic rings. The molecule has 1 fully saturated rings. The van der Waals surface area contributed by atoms with Crippen molar-refractivity contribution in [3.63, 3.8) is 0 Å². The van der Waals surface area contributed by atoms with Crippen molar-refractivity contribution in [1.29, 1.82) is 0 Å². The zero-order chi connectivity index (χ0) is 22.8. The molecule has 1 saturated heterocycles. The third-order valence-electron chi connectivity index (χ3n) is 3.45. The lowest BCUT2D eigenvalue weighted by Gasteiger charge is -2.55. The molecule has 0 aliphatic carbocycles. The second-order valence-corrected chi connectivity index (χ2v) is 5.18. The largest absolute Gasteiger partial charge is 0.462 e. The minimum Gasteiger partial charge on any atom is -0.415 e. The maximum absolute atomic E-state index is 14.1. The summed E-state index contributed by atoms with van der Waals surface area (Å²) in [6.07, 6.45) is -27.6. The monoisotopic (exact) mass is 448 g/mol. The van der Waals surface area contributed by atoms with Crippen molar-refractivity contribution in [3.8, 4) is 0 Å². The number of hydrogen-bond acceptors (Lipinski definition) is 4. The second-order valence-electron chi connectivity index (χ2n) is 5.18. The number of alkyl halides is 13. The number of carbonyl (C=O) groups excluding carboxylic acids is 1. The van der Waals surface area contributed by atoms with E-state index in [1.165, 1.54) is 0 Å². The van der Waals surface area contributed by atoms with Gasteiger partial charge in [0, 0.05) is 6.08 Å². The van der Waals surface area contributed by atoms with Gasteiger partial charge in [0.25, 0.3) is 5.60 Å². The van der Waals surface area contributed by atoms with Gasteiger partial charge in [-0.15, -0.1) is 0 Å². The zero-order valence-corrected chi connectivity index (χ0v) is 12.4. The van der Waals surface area contributed by atoms with Gasteiger partial charge in [0.1, 0.15) is 0 Å².